The summed E-state index contributed by atoms with van der Waals surface area (Å²) >= 11 is 1.59. The Morgan fingerprint density at radius 1 is 0.861 bits per heavy atom. The van der Waals surface area contributed by atoms with Crippen LogP contribution >= 0.6 is 11.8 Å². The first kappa shape index (κ1) is 27.5. The van der Waals surface area contributed by atoms with Crippen molar-refractivity contribution in [2.75, 3.05) is 12.3 Å². The molecule has 0 aliphatic heterocycles. The van der Waals surface area contributed by atoms with Crippen molar-refractivity contribution in [2.45, 2.75) is 52.5 Å². The molecule has 2 amide bonds. The molecule has 1 N–H and O–H groups in total. The average molecular weight is 503 g/mol. The molecule has 0 saturated heterocycles. The highest BCUT2D eigenvalue weighted by molar-refractivity contribution is 7.99. The molecule has 0 saturated carbocycles. The molecular formula is C31H38N2O2S. The molecule has 190 valence electrons. The lowest BCUT2D eigenvalue weighted by Crippen LogP contribution is -2.51. The summed E-state index contributed by atoms with van der Waals surface area (Å²) in [5.41, 5.74) is 5.63. The Morgan fingerprint density at radius 2 is 1.53 bits per heavy atom. The molecule has 0 heterocycles. The lowest BCUT2D eigenvalue weighted by Gasteiger charge is -2.32. The number of amides is 2. The first-order chi connectivity index (χ1) is 17.3. The molecular weight excluding hydrogens is 464 g/mol. The van der Waals surface area contributed by atoms with E-state index in [9.17, 15) is 9.59 Å². The predicted octanol–water partition coefficient (Wildman–Crippen LogP) is 5.95. The van der Waals surface area contributed by atoms with E-state index in [4.69, 9.17) is 0 Å². The molecule has 0 spiro atoms. The largest absolute Gasteiger partial charge is 0.354 e. The van der Waals surface area contributed by atoms with Crippen LogP contribution in [0.15, 0.2) is 78.9 Å². The number of nitrogens with one attached hydrogen (secondary N) is 1. The molecule has 0 fully saturated rings. The number of hydrogen-bond acceptors (Lipinski definition) is 3. The van der Waals surface area contributed by atoms with Crippen LogP contribution in [0.1, 0.15) is 41.7 Å². The second-order valence-corrected chi connectivity index (χ2v) is 10.8. The van der Waals surface area contributed by atoms with E-state index in [0.717, 1.165) is 22.4 Å². The van der Waals surface area contributed by atoms with Crippen LogP contribution in [0.3, 0.4) is 0 Å². The minimum atomic E-state index is -0.585. The van der Waals surface area contributed by atoms with Crippen LogP contribution in [0, 0.1) is 19.8 Å². The first-order valence-corrected chi connectivity index (χ1v) is 13.8. The number of hydrogen-bond donors (Lipinski definition) is 1. The van der Waals surface area contributed by atoms with Gasteiger partial charge in [-0.2, -0.15) is 0 Å². The fourth-order valence-electron chi connectivity index (χ4n) is 3.97. The summed E-state index contributed by atoms with van der Waals surface area (Å²) in [5.74, 6) is 1.29. The summed E-state index contributed by atoms with van der Waals surface area (Å²) in [7, 11) is 0. The van der Waals surface area contributed by atoms with Crippen molar-refractivity contribution in [3.8, 4) is 0 Å². The van der Waals surface area contributed by atoms with Gasteiger partial charge < -0.3 is 10.2 Å². The second kappa shape index (κ2) is 13.9. The van der Waals surface area contributed by atoms with Crippen molar-refractivity contribution in [3.63, 3.8) is 0 Å². The van der Waals surface area contributed by atoms with E-state index >= 15 is 0 Å². The Balaban J connectivity index is 1.84. The van der Waals surface area contributed by atoms with Gasteiger partial charge in [0.1, 0.15) is 6.04 Å². The van der Waals surface area contributed by atoms with E-state index in [2.05, 4.69) is 63.3 Å². The third kappa shape index (κ3) is 8.56. The van der Waals surface area contributed by atoms with Crippen LogP contribution in [-0.4, -0.2) is 35.1 Å². The van der Waals surface area contributed by atoms with E-state index < -0.39 is 6.04 Å². The van der Waals surface area contributed by atoms with Gasteiger partial charge in [-0.3, -0.25) is 9.59 Å². The topological polar surface area (TPSA) is 49.4 Å². The molecule has 36 heavy (non-hydrogen) atoms. The third-order valence-corrected chi connectivity index (χ3v) is 7.16. The van der Waals surface area contributed by atoms with Crippen LogP contribution in [0.5, 0.6) is 0 Å². The smallest absolute Gasteiger partial charge is 0.243 e. The molecule has 0 aliphatic rings. The number of thioether (sulfide) groups is 1. The fraction of sp³-hybridized carbons (Fsp3) is 0.355. The lowest BCUT2D eigenvalue weighted by atomic mass is 10.0. The van der Waals surface area contributed by atoms with Gasteiger partial charge in [-0.15, -0.1) is 11.8 Å². The van der Waals surface area contributed by atoms with Gasteiger partial charge in [0.2, 0.25) is 11.8 Å². The van der Waals surface area contributed by atoms with Crippen LogP contribution in [0.4, 0.5) is 0 Å². The Bertz CT molecular complexity index is 1110. The molecule has 0 aliphatic carbocycles. The fourth-order valence-corrected chi connectivity index (χ4v) is 4.84. The standard InChI is InChI=1S/C31H38N2O2S/c1-23(2)19-32-31(35)29(18-26-11-6-5-7-12-26)33(20-28-13-9-8-10-25(28)4)30(34)22-36-21-27-16-14-24(3)15-17-27/h5-17,23,29H,18-22H2,1-4H3,(H,32,35). The van der Waals surface area contributed by atoms with Gasteiger partial charge in [-0.1, -0.05) is 98.3 Å². The Hall–Kier alpha value is -3.05. The van der Waals surface area contributed by atoms with Gasteiger partial charge in [0.25, 0.3) is 0 Å². The minimum Gasteiger partial charge on any atom is -0.354 e. The maximum atomic E-state index is 13.7. The van der Waals surface area contributed by atoms with Crippen LogP contribution < -0.4 is 5.32 Å². The molecule has 1 unspecified atom stereocenters. The number of aryl methyl sites for hydroxylation is 2. The highest BCUT2D eigenvalue weighted by Gasteiger charge is 2.30. The number of carbonyl (C=O) groups excluding carboxylic acids is 2. The third-order valence-electron chi connectivity index (χ3n) is 6.17. The monoisotopic (exact) mass is 502 g/mol. The summed E-state index contributed by atoms with van der Waals surface area (Å²) in [6.07, 6.45) is 0.477. The minimum absolute atomic E-state index is 0.0176. The molecule has 3 rings (SSSR count). The van der Waals surface area contributed by atoms with E-state index in [1.165, 1.54) is 11.1 Å². The molecule has 3 aromatic rings. The van der Waals surface area contributed by atoms with E-state index in [-0.39, 0.29) is 11.8 Å². The number of nitrogens with zero attached hydrogens (tertiary/aromatic N) is 1. The zero-order valence-corrected chi connectivity index (χ0v) is 22.7. The van der Waals surface area contributed by atoms with Gasteiger partial charge in [0.05, 0.1) is 5.75 Å². The highest BCUT2D eigenvalue weighted by atomic mass is 32.2. The zero-order valence-electron chi connectivity index (χ0n) is 21.9. The molecule has 0 bridgehead atoms. The van der Waals surface area contributed by atoms with Gasteiger partial charge in [0, 0.05) is 25.3 Å². The summed E-state index contributed by atoms with van der Waals surface area (Å²) in [5, 5.41) is 3.09. The first-order valence-electron chi connectivity index (χ1n) is 12.6. The van der Waals surface area contributed by atoms with Crippen LogP contribution in [0.2, 0.25) is 0 Å². The van der Waals surface area contributed by atoms with Crippen molar-refractivity contribution in [3.05, 3.63) is 107 Å². The SMILES string of the molecule is Cc1ccc(CSCC(=O)N(Cc2ccccc2C)C(Cc2ccccc2)C(=O)NCC(C)C)cc1. The Morgan fingerprint density at radius 3 is 2.19 bits per heavy atom. The average Bonchev–Trinajstić information content (AvgIpc) is 2.87. The number of rotatable bonds is 12. The van der Waals surface area contributed by atoms with E-state index in [1.807, 2.05) is 48.5 Å². The Kier molecular flexibility index (Phi) is 10.6. The van der Waals surface area contributed by atoms with Gasteiger partial charge in [-0.05, 0) is 42.0 Å². The van der Waals surface area contributed by atoms with Gasteiger partial charge in [-0.25, -0.2) is 0 Å². The molecule has 1 atom stereocenters. The van der Waals surface area contributed by atoms with Crippen molar-refractivity contribution in [1.82, 2.24) is 10.2 Å². The number of carbonyl (C=O) groups is 2. The quantitative estimate of drug-likeness (QED) is 0.333. The summed E-state index contributed by atoms with van der Waals surface area (Å²) < 4.78 is 0. The lowest BCUT2D eigenvalue weighted by molar-refractivity contribution is -0.139. The maximum Gasteiger partial charge on any atom is 0.243 e. The molecule has 5 heteroatoms. The van der Waals surface area contributed by atoms with Crippen molar-refractivity contribution < 1.29 is 9.59 Å². The van der Waals surface area contributed by atoms with Crippen molar-refractivity contribution in [1.29, 1.82) is 0 Å². The van der Waals surface area contributed by atoms with E-state index in [1.54, 1.807) is 16.7 Å². The number of benzene rings is 3. The van der Waals surface area contributed by atoms with Gasteiger partial charge >= 0.3 is 0 Å². The maximum absolute atomic E-state index is 13.7. The van der Waals surface area contributed by atoms with Crippen molar-refractivity contribution >= 4 is 23.6 Å². The summed E-state index contributed by atoms with van der Waals surface area (Å²) in [6.45, 7) is 9.26. The Labute approximate surface area is 220 Å². The molecule has 0 radical (unpaired) electrons. The molecule has 3 aromatic carbocycles. The summed E-state index contributed by atoms with van der Waals surface area (Å²) in [4.78, 5) is 29.0. The van der Waals surface area contributed by atoms with Gasteiger partial charge in [0.15, 0.2) is 0 Å². The van der Waals surface area contributed by atoms with E-state index in [0.29, 0.717) is 31.2 Å². The predicted molar refractivity (Wildman–Crippen MR) is 151 cm³/mol. The molecule has 0 aromatic heterocycles. The summed E-state index contributed by atoms with van der Waals surface area (Å²) in [6, 6.07) is 25.9. The molecule has 4 nitrogen and oxygen atoms in total. The van der Waals surface area contributed by atoms with Crippen LogP contribution in [0.25, 0.3) is 0 Å². The second-order valence-electron chi connectivity index (χ2n) is 9.77. The van der Waals surface area contributed by atoms with Crippen LogP contribution in [-0.2, 0) is 28.3 Å². The normalized spacial score (nSPS) is 11.8. The zero-order chi connectivity index (χ0) is 25.9. The van der Waals surface area contributed by atoms with Crippen molar-refractivity contribution in [2.24, 2.45) is 5.92 Å². The highest BCUT2D eigenvalue weighted by Crippen LogP contribution is 2.20.